The Labute approximate surface area is 188 Å². The van der Waals surface area contributed by atoms with Crippen molar-refractivity contribution in [3.8, 4) is 16.9 Å². The average Bonchev–Trinajstić information content (AvgIpc) is 3.17. The maximum absolute atomic E-state index is 12.7. The number of hydrogen-bond acceptors (Lipinski definition) is 3. The molecule has 1 aromatic heterocycles. The van der Waals surface area contributed by atoms with Gasteiger partial charge in [0.05, 0.1) is 13.4 Å². The minimum Gasteiger partial charge on any atom is -0.496 e. The van der Waals surface area contributed by atoms with Gasteiger partial charge in [0.25, 0.3) is 0 Å². The van der Waals surface area contributed by atoms with Crippen molar-refractivity contribution in [3.63, 3.8) is 0 Å². The van der Waals surface area contributed by atoms with Gasteiger partial charge in [0.1, 0.15) is 11.3 Å². The minimum atomic E-state index is -0.0523. The first-order valence-corrected chi connectivity index (χ1v) is 11.2. The molecule has 5 heteroatoms. The van der Waals surface area contributed by atoms with Gasteiger partial charge in [0.15, 0.2) is 0 Å². The van der Waals surface area contributed by atoms with Crippen molar-refractivity contribution in [2.24, 2.45) is 5.92 Å². The zero-order valence-electron chi connectivity index (χ0n) is 18.2. The summed E-state index contributed by atoms with van der Waals surface area (Å²) in [5.74, 6) is 1.14. The number of fused-ring (bicyclic) bond motifs is 1. The van der Waals surface area contributed by atoms with Crippen LogP contribution in [-0.2, 0) is 4.79 Å². The number of halogens is 1. The van der Waals surface area contributed by atoms with Crippen LogP contribution < -0.4 is 10.1 Å². The lowest BCUT2D eigenvalue weighted by atomic mass is 9.86. The molecule has 1 fully saturated rings. The number of furan rings is 1. The predicted octanol–water partition coefficient (Wildman–Crippen LogP) is 6.86. The van der Waals surface area contributed by atoms with Crippen LogP contribution in [0.3, 0.4) is 0 Å². The Morgan fingerprint density at radius 2 is 1.94 bits per heavy atom. The molecular formula is C26H28ClNO3. The first-order valence-electron chi connectivity index (χ1n) is 10.8. The van der Waals surface area contributed by atoms with E-state index in [-0.39, 0.29) is 11.9 Å². The number of amides is 1. The number of hydrogen-bond donors (Lipinski definition) is 1. The maximum atomic E-state index is 12.7. The highest BCUT2D eigenvalue weighted by molar-refractivity contribution is 6.30. The first kappa shape index (κ1) is 21.5. The maximum Gasteiger partial charge on any atom is 0.244 e. The van der Waals surface area contributed by atoms with Crippen LogP contribution in [0.1, 0.15) is 45.1 Å². The van der Waals surface area contributed by atoms with Crippen LogP contribution in [0.5, 0.6) is 5.75 Å². The van der Waals surface area contributed by atoms with E-state index in [1.54, 1.807) is 19.4 Å². The molecular weight excluding hydrogens is 410 g/mol. The molecule has 0 aliphatic heterocycles. The second kappa shape index (κ2) is 9.19. The Bertz CT molecular complexity index is 1110. The predicted molar refractivity (Wildman–Crippen MR) is 126 cm³/mol. The number of carbonyl (C=O) groups excluding carboxylic acids is 1. The Kier molecular flexibility index (Phi) is 6.38. The Hall–Kier alpha value is -2.72. The molecule has 1 saturated carbocycles. The molecule has 0 radical (unpaired) electrons. The zero-order valence-corrected chi connectivity index (χ0v) is 19.0. The highest BCUT2D eigenvalue weighted by Crippen LogP contribution is 2.37. The van der Waals surface area contributed by atoms with Crippen molar-refractivity contribution in [3.05, 3.63) is 59.3 Å². The largest absolute Gasteiger partial charge is 0.496 e. The Morgan fingerprint density at radius 1 is 1.19 bits per heavy atom. The quantitative estimate of drug-likeness (QED) is 0.443. The third kappa shape index (κ3) is 4.64. The molecule has 31 heavy (non-hydrogen) atoms. The van der Waals surface area contributed by atoms with Crippen molar-refractivity contribution in [1.29, 1.82) is 0 Å². The SMILES string of the molecule is COc1cc2occ(-c3ccc(Cl)cc3)c2cc1/C(C)=C/C(=O)NC1CCCCC1C. The van der Waals surface area contributed by atoms with Gasteiger partial charge in [-0.1, -0.05) is 43.5 Å². The van der Waals surface area contributed by atoms with E-state index in [9.17, 15) is 4.79 Å². The summed E-state index contributed by atoms with van der Waals surface area (Å²) in [5.41, 5.74) is 4.45. The highest BCUT2D eigenvalue weighted by Gasteiger charge is 2.22. The van der Waals surface area contributed by atoms with E-state index < -0.39 is 0 Å². The molecule has 0 spiro atoms. The second-order valence-electron chi connectivity index (χ2n) is 8.41. The van der Waals surface area contributed by atoms with Crippen LogP contribution in [0, 0.1) is 5.92 Å². The Morgan fingerprint density at radius 3 is 2.65 bits per heavy atom. The van der Waals surface area contributed by atoms with Gasteiger partial charge in [0, 0.05) is 39.7 Å². The number of rotatable bonds is 5. The molecule has 2 atom stereocenters. The fraction of sp³-hybridized carbons (Fsp3) is 0.346. The van der Waals surface area contributed by atoms with Crippen molar-refractivity contribution in [2.45, 2.75) is 45.6 Å². The van der Waals surface area contributed by atoms with E-state index in [1.807, 2.05) is 43.3 Å². The van der Waals surface area contributed by atoms with Crippen LogP contribution in [-0.4, -0.2) is 19.1 Å². The second-order valence-corrected chi connectivity index (χ2v) is 8.85. The zero-order chi connectivity index (χ0) is 22.0. The number of ether oxygens (including phenoxy) is 1. The molecule has 2 aromatic carbocycles. The van der Waals surface area contributed by atoms with Crippen molar-refractivity contribution >= 4 is 34.1 Å². The molecule has 1 heterocycles. The molecule has 1 aliphatic carbocycles. The van der Waals surface area contributed by atoms with Crippen molar-refractivity contribution < 1.29 is 13.9 Å². The fourth-order valence-electron chi connectivity index (χ4n) is 4.41. The van der Waals surface area contributed by atoms with Gasteiger partial charge in [-0.25, -0.2) is 0 Å². The highest BCUT2D eigenvalue weighted by atomic mass is 35.5. The molecule has 1 N–H and O–H groups in total. The van der Waals surface area contributed by atoms with Crippen molar-refractivity contribution in [2.75, 3.05) is 7.11 Å². The normalized spacial score (nSPS) is 19.4. The van der Waals surface area contributed by atoms with E-state index >= 15 is 0 Å². The molecule has 1 aliphatic rings. The lowest BCUT2D eigenvalue weighted by Gasteiger charge is -2.29. The molecule has 4 nitrogen and oxygen atoms in total. The van der Waals surface area contributed by atoms with E-state index in [1.165, 1.54) is 19.3 Å². The lowest BCUT2D eigenvalue weighted by molar-refractivity contribution is -0.117. The van der Waals surface area contributed by atoms with Crippen LogP contribution >= 0.6 is 11.6 Å². The average molecular weight is 438 g/mol. The summed E-state index contributed by atoms with van der Waals surface area (Å²) in [6.07, 6.45) is 8.07. The first-order chi connectivity index (χ1) is 15.0. The Balaban J connectivity index is 1.66. The summed E-state index contributed by atoms with van der Waals surface area (Å²) in [7, 11) is 1.63. The van der Waals surface area contributed by atoms with Crippen molar-refractivity contribution in [1.82, 2.24) is 5.32 Å². The molecule has 1 amide bonds. The van der Waals surface area contributed by atoms with E-state index in [0.717, 1.165) is 39.7 Å². The third-order valence-corrected chi connectivity index (χ3v) is 6.51. The van der Waals surface area contributed by atoms with E-state index in [0.29, 0.717) is 16.7 Å². The smallest absolute Gasteiger partial charge is 0.244 e. The van der Waals surface area contributed by atoms with Crippen LogP contribution in [0.15, 0.2) is 53.2 Å². The monoisotopic (exact) mass is 437 g/mol. The molecule has 3 aromatic rings. The summed E-state index contributed by atoms with van der Waals surface area (Å²) >= 11 is 6.04. The van der Waals surface area contributed by atoms with Gasteiger partial charge >= 0.3 is 0 Å². The number of benzene rings is 2. The molecule has 162 valence electrons. The summed E-state index contributed by atoms with van der Waals surface area (Å²) in [5, 5.41) is 4.85. The number of nitrogens with one attached hydrogen (secondary N) is 1. The summed E-state index contributed by atoms with van der Waals surface area (Å²) in [6.45, 7) is 4.16. The summed E-state index contributed by atoms with van der Waals surface area (Å²) in [4.78, 5) is 12.7. The van der Waals surface area contributed by atoms with Crippen LogP contribution in [0.25, 0.3) is 27.7 Å². The topological polar surface area (TPSA) is 51.5 Å². The third-order valence-electron chi connectivity index (χ3n) is 6.26. The van der Waals surface area contributed by atoms with Gasteiger partial charge in [-0.05, 0) is 55.0 Å². The number of allylic oxidation sites excluding steroid dienone is 1. The number of carbonyl (C=O) groups is 1. The lowest BCUT2D eigenvalue weighted by Crippen LogP contribution is -2.40. The summed E-state index contributed by atoms with van der Waals surface area (Å²) < 4.78 is 11.4. The summed E-state index contributed by atoms with van der Waals surface area (Å²) in [6, 6.07) is 11.8. The van der Waals surface area contributed by atoms with Gasteiger partial charge in [-0.15, -0.1) is 0 Å². The number of methoxy groups -OCH3 is 1. The molecule has 4 rings (SSSR count). The molecule has 0 saturated heterocycles. The minimum absolute atomic E-state index is 0.0523. The standard InChI is InChI=1S/C26H28ClNO3/c1-16-6-4-5-7-23(16)28-26(29)12-17(2)20-13-21-22(18-8-10-19(27)11-9-18)15-31-25(21)14-24(20)30-3/h8-16,23H,4-7H2,1-3H3,(H,28,29)/b17-12+. The van der Waals surface area contributed by atoms with Gasteiger partial charge in [-0.3, -0.25) is 4.79 Å². The van der Waals surface area contributed by atoms with E-state index in [2.05, 4.69) is 12.2 Å². The van der Waals surface area contributed by atoms with E-state index in [4.69, 9.17) is 20.8 Å². The van der Waals surface area contributed by atoms with Gasteiger partial charge < -0.3 is 14.5 Å². The van der Waals surface area contributed by atoms with Crippen LogP contribution in [0.2, 0.25) is 5.02 Å². The van der Waals surface area contributed by atoms with Gasteiger partial charge in [-0.2, -0.15) is 0 Å². The molecule has 0 bridgehead atoms. The fourth-order valence-corrected chi connectivity index (χ4v) is 4.54. The van der Waals surface area contributed by atoms with Gasteiger partial charge in [0.2, 0.25) is 5.91 Å². The van der Waals surface area contributed by atoms with Crippen LogP contribution in [0.4, 0.5) is 0 Å². The molecule has 2 unspecified atom stereocenters.